The lowest BCUT2D eigenvalue weighted by molar-refractivity contribution is 0.333. The van der Waals surface area contributed by atoms with Crippen molar-refractivity contribution in [2.24, 2.45) is 0 Å². The van der Waals surface area contributed by atoms with Crippen LogP contribution in [-0.2, 0) is 6.42 Å². The van der Waals surface area contributed by atoms with E-state index in [0.29, 0.717) is 11.7 Å². The maximum Gasteiger partial charge on any atom is 0.228 e. The Hall–Kier alpha value is -1.18. The number of ether oxygens (including phenoxy) is 1. The molecule has 1 fully saturated rings. The topological polar surface area (TPSA) is 51.4 Å². The second-order valence-corrected chi connectivity index (χ2v) is 7.08. The molecule has 3 rings (SSSR count). The highest BCUT2D eigenvalue weighted by atomic mass is 32.2. The number of methoxy groups -OCH3 is 1. The van der Waals surface area contributed by atoms with Crippen molar-refractivity contribution in [1.29, 1.82) is 0 Å². The minimum absolute atomic E-state index is 0.590. The predicted octanol–water partition coefficient (Wildman–Crippen LogP) is 2.98. The van der Waals surface area contributed by atoms with Crippen molar-refractivity contribution in [3.05, 3.63) is 30.2 Å². The van der Waals surface area contributed by atoms with E-state index in [0.717, 1.165) is 36.0 Å². The third-order valence-corrected chi connectivity index (χ3v) is 5.72. The monoisotopic (exact) mass is 337 g/mol. The number of hydrogen-bond donors (Lipinski definition) is 0. The number of thioether (sulfide) groups is 2. The fraction of sp³-hybridized carbons (Fsp3) is 0.467. The molecule has 0 saturated carbocycles. The molecular weight excluding hydrogens is 318 g/mol. The van der Waals surface area contributed by atoms with Crippen LogP contribution in [0.15, 0.2) is 28.8 Å². The van der Waals surface area contributed by atoms with Crippen LogP contribution in [0.5, 0.6) is 5.75 Å². The van der Waals surface area contributed by atoms with E-state index in [1.54, 1.807) is 7.11 Å². The van der Waals surface area contributed by atoms with Crippen molar-refractivity contribution in [2.45, 2.75) is 6.42 Å². The fourth-order valence-electron chi connectivity index (χ4n) is 2.22. The quantitative estimate of drug-likeness (QED) is 0.831. The van der Waals surface area contributed by atoms with Crippen LogP contribution in [0.3, 0.4) is 0 Å². The predicted molar refractivity (Wildman–Crippen MR) is 91.3 cm³/mol. The highest BCUT2D eigenvalue weighted by Crippen LogP contribution is 2.27. The first kappa shape index (κ1) is 15.7. The first-order valence-electron chi connectivity index (χ1n) is 7.20. The molecule has 1 saturated heterocycles. The first-order chi connectivity index (χ1) is 10.9. The third-order valence-electron chi connectivity index (χ3n) is 3.38. The number of hydrogen-bond acceptors (Lipinski definition) is 7. The van der Waals surface area contributed by atoms with Gasteiger partial charge in [0, 0.05) is 36.2 Å². The minimum atomic E-state index is 0.590. The van der Waals surface area contributed by atoms with E-state index in [9.17, 15) is 0 Å². The summed E-state index contributed by atoms with van der Waals surface area (Å²) in [6, 6.07) is 7.71. The molecule has 118 valence electrons. The van der Waals surface area contributed by atoms with Crippen molar-refractivity contribution >= 4 is 23.5 Å². The van der Waals surface area contributed by atoms with E-state index in [1.807, 2.05) is 47.8 Å². The van der Waals surface area contributed by atoms with Crippen molar-refractivity contribution in [1.82, 2.24) is 15.0 Å². The summed E-state index contributed by atoms with van der Waals surface area (Å²) in [4.78, 5) is 6.92. The van der Waals surface area contributed by atoms with Crippen LogP contribution in [0.1, 0.15) is 5.89 Å². The van der Waals surface area contributed by atoms with Crippen LogP contribution in [0.4, 0.5) is 0 Å². The SMILES string of the molecule is COc1ccccc1-c1noc(CCN2CSCCSC2)n1. The maximum absolute atomic E-state index is 5.38. The Morgan fingerprint density at radius 3 is 2.77 bits per heavy atom. The Bertz CT molecular complexity index is 598. The van der Waals surface area contributed by atoms with Crippen LogP contribution < -0.4 is 4.74 Å². The molecule has 1 aromatic heterocycles. The largest absolute Gasteiger partial charge is 0.496 e. The van der Waals surface area contributed by atoms with Gasteiger partial charge in [-0.3, -0.25) is 4.90 Å². The molecule has 0 N–H and O–H groups in total. The van der Waals surface area contributed by atoms with E-state index in [-0.39, 0.29) is 0 Å². The van der Waals surface area contributed by atoms with Crippen molar-refractivity contribution in [3.63, 3.8) is 0 Å². The lowest BCUT2D eigenvalue weighted by atomic mass is 10.2. The summed E-state index contributed by atoms with van der Waals surface area (Å²) in [7, 11) is 1.65. The lowest BCUT2D eigenvalue weighted by Gasteiger charge is -2.16. The molecule has 2 aromatic rings. The zero-order valence-corrected chi connectivity index (χ0v) is 14.2. The van der Waals surface area contributed by atoms with Crippen LogP contribution >= 0.6 is 23.5 Å². The van der Waals surface area contributed by atoms with E-state index >= 15 is 0 Å². The second kappa shape index (κ2) is 7.89. The maximum atomic E-state index is 5.38. The summed E-state index contributed by atoms with van der Waals surface area (Å²) in [5.74, 6) is 6.67. The molecule has 2 heterocycles. The van der Waals surface area contributed by atoms with Gasteiger partial charge in [0.2, 0.25) is 11.7 Å². The number of nitrogens with zero attached hydrogens (tertiary/aromatic N) is 3. The molecular formula is C15H19N3O2S2. The number of rotatable bonds is 5. The van der Waals surface area contributed by atoms with Gasteiger partial charge in [0.25, 0.3) is 0 Å². The van der Waals surface area contributed by atoms with Gasteiger partial charge in [-0.25, -0.2) is 0 Å². The number of benzene rings is 1. The molecule has 0 amide bonds. The van der Waals surface area contributed by atoms with Crippen molar-refractivity contribution < 1.29 is 9.26 Å². The van der Waals surface area contributed by atoms with Gasteiger partial charge in [-0.05, 0) is 12.1 Å². The normalized spacial score (nSPS) is 16.4. The lowest BCUT2D eigenvalue weighted by Crippen LogP contribution is -2.24. The molecule has 22 heavy (non-hydrogen) atoms. The summed E-state index contributed by atoms with van der Waals surface area (Å²) in [6.07, 6.45) is 0.781. The third kappa shape index (κ3) is 3.97. The molecule has 0 unspecified atom stereocenters. The van der Waals surface area contributed by atoms with Crippen molar-refractivity contribution in [3.8, 4) is 17.1 Å². The van der Waals surface area contributed by atoms with E-state index in [1.165, 1.54) is 11.5 Å². The second-order valence-electron chi connectivity index (χ2n) is 4.93. The first-order valence-corrected chi connectivity index (χ1v) is 9.51. The Morgan fingerprint density at radius 1 is 1.23 bits per heavy atom. The van der Waals surface area contributed by atoms with Gasteiger partial charge in [0.05, 0.1) is 12.7 Å². The molecule has 0 atom stereocenters. The molecule has 0 aliphatic carbocycles. The average molecular weight is 337 g/mol. The summed E-state index contributed by atoms with van der Waals surface area (Å²) < 4.78 is 10.7. The standard InChI is InChI=1S/C15H19N3O2S2/c1-19-13-5-3-2-4-12(13)15-16-14(20-17-15)6-7-18-10-21-8-9-22-11-18/h2-5H,6-11H2,1H3. The number of aromatic nitrogens is 2. The highest BCUT2D eigenvalue weighted by Gasteiger charge is 2.15. The number of para-hydroxylation sites is 1. The fourth-order valence-corrected chi connectivity index (χ4v) is 4.49. The van der Waals surface area contributed by atoms with Gasteiger partial charge in [-0.2, -0.15) is 4.98 Å². The van der Waals surface area contributed by atoms with Gasteiger partial charge in [0.15, 0.2) is 0 Å². The molecule has 0 radical (unpaired) electrons. The molecule has 5 nitrogen and oxygen atoms in total. The molecule has 1 aliphatic heterocycles. The zero-order chi connectivity index (χ0) is 15.2. The Balaban J connectivity index is 1.63. The van der Waals surface area contributed by atoms with E-state index in [2.05, 4.69) is 15.0 Å². The van der Waals surface area contributed by atoms with Gasteiger partial charge >= 0.3 is 0 Å². The van der Waals surface area contributed by atoms with Gasteiger partial charge < -0.3 is 9.26 Å². The molecule has 7 heteroatoms. The van der Waals surface area contributed by atoms with Gasteiger partial charge in [0.1, 0.15) is 5.75 Å². The van der Waals surface area contributed by atoms with Crippen LogP contribution in [0, 0.1) is 0 Å². The molecule has 1 aliphatic rings. The summed E-state index contributed by atoms with van der Waals surface area (Å²) in [5.41, 5.74) is 0.862. The van der Waals surface area contributed by atoms with E-state index < -0.39 is 0 Å². The van der Waals surface area contributed by atoms with E-state index in [4.69, 9.17) is 9.26 Å². The average Bonchev–Trinajstić information content (AvgIpc) is 2.88. The van der Waals surface area contributed by atoms with Crippen LogP contribution in [-0.4, -0.2) is 52.0 Å². The molecule has 0 spiro atoms. The summed E-state index contributed by atoms with van der Waals surface area (Å²) >= 11 is 3.98. The Morgan fingerprint density at radius 2 is 2.00 bits per heavy atom. The molecule has 0 bridgehead atoms. The van der Waals surface area contributed by atoms with Crippen LogP contribution in [0.2, 0.25) is 0 Å². The van der Waals surface area contributed by atoms with Gasteiger partial charge in [-0.15, -0.1) is 23.5 Å². The Labute approximate surface area is 138 Å². The van der Waals surface area contributed by atoms with Crippen LogP contribution in [0.25, 0.3) is 11.4 Å². The highest BCUT2D eigenvalue weighted by molar-refractivity contribution is 8.03. The summed E-state index contributed by atoms with van der Waals surface area (Å²) in [6.45, 7) is 0.952. The Kier molecular flexibility index (Phi) is 5.64. The van der Waals surface area contributed by atoms with Crippen molar-refractivity contribution in [2.75, 3.05) is 36.9 Å². The summed E-state index contributed by atoms with van der Waals surface area (Å²) in [5, 5.41) is 4.08. The zero-order valence-electron chi connectivity index (χ0n) is 12.5. The van der Waals surface area contributed by atoms with Gasteiger partial charge in [-0.1, -0.05) is 17.3 Å². The molecule has 1 aromatic carbocycles. The smallest absolute Gasteiger partial charge is 0.228 e. The minimum Gasteiger partial charge on any atom is -0.496 e.